The van der Waals surface area contributed by atoms with E-state index in [-0.39, 0.29) is 19.3 Å². The first-order valence-electron chi connectivity index (χ1n) is 4.44. The topological polar surface area (TPSA) is 68.3 Å². The lowest BCUT2D eigenvalue weighted by Gasteiger charge is -2.12. The molecule has 0 aromatic carbocycles. The van der Waals surface area contributed by atoms with Crippen molar-refractivity contribution in [1.29, 1.82) is 0 Å². The number of hydrogen-bond donors (Lipinski definition) is 4. The molecule has 4 N–H and O–H groups in total. The molecule has 0 spiro atoms. The summed E-state index contributed by atoms with van der Waals surface area (Å²) in [5.41, 5.74) is 1.15. The first-order chi connectivity index (χ1) is 6.36. The predicted molar refractivity (Wildman–Crippen MR) is 50.5 cm³/mol. The van der Waals surface area contributed by atoms with Crippen molar-refractivity contribution in [1.82, 2.24) is 10.3 Å². The van der Waals surface area contributed by atoms with Crippen LogP contribution in [0.15, 0.2) is 18.3 Å². The number of aromatic amines is 1. The van der Waals surface area contributed by atoms with Gasteiger partial charge in [-0.2, -0.15) is 0 Å². The third-order valence-corrected chi connectivity index (χ3v) is 1.93. The van der Waals surface area contributed by atoms with Gasteiger partial charge >= 0.3 is 0 Å². The van der Waals surface area contributed by atoms with Crippen LogP contribution in [-0.2, 0) is 6.42 Å². The summed E-state index contributed by atoms with van der Waals surface area (Å²) < 4.78 is 0. The summed E-state index contributed by atoms with van der Waals surface area (Å²) in [6.45, 7) is 0.703. The van der Waals surface area contributed by atoms with Crippen molar-refractivity contribution in [3.8, 4) is 0 Å². The zero-order valence-corrected chi connectivity index (χ0v) is 7.53. The number of aliphatic hydroxyl groups is 2. The highest BCUT2D eigenvalue weighted by Gasteiger charge is 2.03. The summed E-state index contributed by atoms with van der Waals surface area (Å²) in [5, 5.41) is 20.5. The molecule has 1 heterocycles. The fourth-order valence-electron chi connectivity index (χ4n) is 1.12. The summed E-state index contributed by atoms with van der Waals surface area (Å²) >= 11 is 0. The summed E-state index contributed by atoms with van der Waals surface area (Å²) in [7, 11) is 0. The molecule has 0 aliphatic heterocycles. The smallest absolute Gasteiger partial charge is 0.0607 e. The molecule has 0 aliphatic carbocycles. The maximum Gasteiger partial charge on any atom is 0.0607 e. The van der Waals surface area contributed by atoms with Crippen molar-refractivity contribution in [3.63, 3.8) is 0 Å². The molecule has 1 rings (SSSR count). The van der Waals surface area contributed by atoms with Crippen molar-refractivity contribution in [2.75, 3.05) is 19.8 Å². The second kappa shape index (κ2) is 5.75. The molecule has 74 valence electrons. The average molecular weight is 184 g/mol. The van der Waals surface area contributed by atoms with Crippen molar-refractivity contribution in [2.24, 2.45) is 0 Å². The predicted octanol–water partition coefficient (Wildman–Crippen LogP) is -0.500. The summed E-state index contributed by atoms with van der Waals surface area (Å²) in [4.78, 5) is 3.08. The second-order valence-corrected chi connectivity index (χ2v) is 2.96. The van der Waals surface area contributed by atoms with Crippen LogP contribution in [0.5, 0.6) is 0 Å². The van der Waals surface area contributed by atoms with Crippen LogP contribution in [0.1, 0.15) is 5.69 Å². The fraction of sp³-hybridized carbons (Fsp3) is 0.556. The second-order valence-electron chi connectivity index (χ2n) is 2.96. The van der Waals surface area contributed by atoms with E-state index in [0.29, 0.717) is 0 Å². The number of aliphatic hydroxyl groups excluding tert-OH is 2. The summed E-state index contributed by atoms with van der Waals surface area (Å²) in [6.07, 6.45) is 2.76. The molecule has 0 unspecified atom stereocenters. The van der Waals surface area contributed by atoms with Crippen LogP contribution in [0, 0.1) is 0 Å². The van der Waals surface area contributed by atoms with E-state index in [1.807, 2.05) is 18.3 Å². The molecule has 0 fully saturated rings. The molecule has 0 saturated carbocycles. The van der Waals surface area contributed by atoms with Gasteiger partial charge in [0.15, 0.2) is 0 Å². The molecule has 4 nitrogen and oxygen atoms in total. The maximum atomic E-state index is 8.75. The minimum Gasteiger partial charge on any atom is -0.395 e. The van der Waals surface area contributed by atoms with Crippen LogP contribution >= 0.6 is 0 Å². The molecule has 0 amide bonds. The van der Waals surface area contributed by atoms with Gasteiger partial charge in [0.1, 0.15) is 0 Å². The lowest BCUT2D eigenvalue weighted by atomic mass is 10.3. The number of rotatable bonds is 6. The molecular formula is C9H16N2O2. The third kappa shape index (κ3) is 3.59. The SMILES string of the molecule is OCC(CO)NCCc1ccc[nH]1. The van der Waals surface area contributed by atoms with Gasteiger partial charge in [0, 0.05) is 18.4 Å². The number of H-pyrrole nitrogens is 1. The van der Waals surface area contributed by atoms with E-state index < -0.39 is 0 Å². The van der Waals surface area contributed by atoms with Gasteiger partial charge in [-0.1, -0.05) is 0 Å². The Labute approximate surface area is 77.6 Å². The van der Waals surface area contributed by atoms with Gasteiger partial charge in [-0.3, -0.25) is 0 Å². The van der Waals surface area contributed by atoms with E-state index in [0.717, 1.165) is 18.7 Å². The molecule has 0 radical (unpaired) electrons. The highest BCUT2D eigenvalue weighted by Crippen LogP contribution is 1.94. The molecular weight excluding hydrogens is 168 g/mol. The molecule has 1 aromatic rings. The molecule has 1 aromatic heterocycles. The molecule has 0 bridgehead atoms. The van der Waals surface area contributed by atoms with Crippen LogP contribution in [0.3, 0.4) is 0 Å². The van der Waals surface area contributed by atoms with E-state index >= 15 is 0 Å². The van der Waals surface area contributed by atoms with Gasteiger partial charge in [-0.15, -0.1) is 0 Å². The standard InChI is InChI=1S/C9H16N2O2/c12-6-9(7-13)11-5-3-8-2-1-4-10-8/h1-2,4,9-13H,3,5-7H2. The van der Waals surface area contributed by atoms with Crippen molar-refractivity contribution in [2.45, 2.75) is 12.5 Å². The Balaban J connectivity index is 2.13. The molecule has 0 saturated heterocycles. The number of aromatic nitrogens is 1. The van der Waals surface area contributed by atoms with Gasteiger partial charge in [-0.25, -0.2) is 0 Å². The number of nitrogens with one attached hydrogen (secondary N) is 2. The highest BCUT2D eigenvalue weighted by molar-refractivity contribution is 5.03. The normalized spacial score (nSPS) is 11.0. The Kier molecular flexibility index (Phi) is 4.53. The maximum absolute atomic E-state index is 8.75. The van der Waals surface area contributed by atoms with Gasteiger partial charge in [0.2, 0.25) is 0 Å². The van der Waals surface area contributed by atoms with E-state index in [1.165, 1.54) is 0 Å². The molecule has 0 atom stereocenters. The Bertz CT molecular complexity index is 207. The van der Waals surface area contributed by atoms with Gasteiger partial charge < -0.3 is 20.5 Å². The van der Waals surface area contributed by atoms with Crippen LogP contribution in [0.25, 0.3) is 0 Å². The average Bonchev–Trinajstić information content (AvgIpc) is 2.65. The molecule has 4 heteroatoms. The van der Waals surface area contributed by atoms with E-state index in [9.17, 15) is 0 Å². The minimum atomic E-state index is -0.199. The Morgan fingerprint density at radius 2 is 2.15 bits per heavy atom. The minimum absolute atomic E-state index is 0.0266. The van der Waals surface area contributed by atoms with Crippen LogP contribution in [0.2, 0.25) is 0 Å². The van der Waals surface area contributed by atoms with Crippen LogP contribution < -0.4 is 5.32 Å². The number of hydrogen-bond acceptors (Lipinski definition) is 3. The summed E-state index contributed by atoms with van der Waals surface area (Å²) in [6, 6.07) is 3.76. The Morgan fingerprint density at radius 3 is 2.69 bits per heavy atom. The largest absolute Gasteiger partial charge is 0.395 e. The van der Waals surface area contributed by atoms with Crippen molar-refractivity contribution in [3.05, 3.63) is 24.0 Å². The highest BCUT2D eigenvalue weighted by atomic mass is 16.3. The fourth-order valence-corrected chi connectivity index (χ4v) is 1.12. The van der Waals surface area contributed by atoms with E-state index in [4.69, 9.17) is 10.2 Å². The first kappa shape index (κ1) is 10.2. The zero-order valence-electron chi connectivity index (χ0n) is 7.53. The van der Waals surface area contributed by atoms with E-state index in [2.05, 4.69) is 10.3 Å². The van der Waals surface area contributed by atoms with Crippen molar-refractivity contribution >= 4 is 0 Å². The van der Waals surface area contributed by atoms with Gasteiger partial charge in [-0.05, 0) is 18.6 Å². The quantitative estimate of drug-likeness (QED) is 0.482. The lowest BCUT2D eigenvalue weighted by Crippen LogP contribution is -2.36. The monoisotopic (exact) mass is 184 g/mol. The Morgan fingerprint density at radius 1 is 1.38 bits per heavy atom. The van der Waals surface area contributed by atoms with E-state index in [1.54, 1.807) is 0 Å². The summed E-state index contributed by atoms with van der Waals surface area (Å²) in [5.74, 6) is 0. The zero-order chi connectivity index (χ0) is 9.52. The lowest BCUT2D eigenvalue weighted by molar-refractivity contribution is 0.171. The van der Waals surface area contributed by atoms with Gasteiger partial charge in [0.25, 0.3) is 0 Å². The van der Waals surface area contributed by atoms with Crippen molar-refractivity contribution < 1.29 is 10.2 Å². The van der Waals surface area contributed by atoms with Crippen LogP contribution in [-0.4, -0.2) is 41.0 Å². The molecule has 13 heavy (non-hydrogen) atoms. The molecule has 0 aliphatic rings. The van der Waals surface area contributed by atoms with Gasteiger partial charge in [0.05, 0.1) is 19.3 Å². The van der Waals surface area contributed by atoms with Crippen LogP contribution in [0.4, 0.5) is 0 Å². The first-order valence-corrected chi connectivity index (χ1v) is 4.44. The third-order valence-electron chi connectivity index (χ3n) is 1.93. The Hall–Kier alpha value is -0.840.